The first-order chi connectivity index (χ1) is 11.0. The van der Waals surface area contributed by atoms with Crippen molar-refractivity contribution in [3.63, 3.8) is 0 Å². The highest BCUT2D eigenvalue weighted by atomic mass is 35.5. The number of anilines is 1. The van der Waals surface area contributed by atoms with E-state index in [2.05, 4.69) is 10.1 Å². The average Bonchev–Trinajstić information content (AvgIpc) is 3.14. The summed E-state index contributed by atoms with van der Waals surface area (Å²) in [5.41, 5.74) is 6.23. The van der Waals surface area contributed by atoms with Crippen molar-refractivity contribution in [2.45, 2.75) is 25.0 Å². The van der Waals surface area contributed by atoms with Gasteiger partial charge in [-0.3, -0.25) is 4.79 Å². The highest BCUT2D eigenvalue weighted by Gasteiger charge is 2.36. The minimum Gasteiger partial charge on any atom is -0.378 e. The molecule has 1 aromatic carbocycles. The second kappa shape index (κ2) is 6.17. The van der Waals surface area contributed by atoms with Crippen LogP contribution < -0.4 is 5.73 Å². The van der Waals surface area contributed by atoms with E-state index in [0.29, 0.717) is 28.9 Å². The molecule has 8 heteroatoms. The van der Waals surface area contributed by atoms with Gasteiger partial charge >= 0.3 is 0 Å². The standard InChI is InChI=1S/C15H18ClN5O2/c1-20-15(17)18-13(19-20)11-3-2-8-21(11)14(23)12(22)9-4-6-10(16)7-5-9/h4-7,11-12,22H,2-3,8H2,1H3,(H2,17,18,19). The Kier molecular flexibility index (Phi) is 4.23. The van der Waals surface area contributed by atoms with E-state index in [4.69, 9.17) is 17.3 Å². The normalized spacial score (nSPS) is 19.1. The first kappa shape index (κ1) is 15.8. The van der Waals surface area contributed by atoms with Crippen LogP contribution in [0.3, 0.4) is 0 Å². The number of carbonyl (C=O) groups excluding carboxylic acids is 1. The van der Waals surface area contributed by atoms with Gasteiger partial charge in [-0.05, 0) is 30.5 Å². The van der Waals surface area contributed by atoms with Gasteiger partial charge in [0.25, 0.3) is 5.91 Å². The average molecular weight is 336 g/mol. The van der Waals surface area contributed by atoms with Gasteiger partial charge in [-0.15, -0.1) is 0 Å². The number of likely N-dealkylation sites (tertiary alicyclic amines) is 1. The molecule has 0 radical (unpaired) electrons. The lowest BCUT2D eigenvalue weighted by atomic mass is 10.1. The number of nitrogen functional groups attached to an aromatic ring is 1. The van der Waals surface area contributed by atoms with Gasteiger partial charge in [-0.2, -0.15) is 10.1 Å². The van der Waals surface area contributed by atoms with E-state index in [9.17, 15) is 9.90 Å². The summed E-state index contributed by atoms with van der Waals surface area (Å²) in [5.74, 6) is 0.456. The summed E-state index contributed by atoms with van der Waals surface area (Å²) >= 11 is 5.84. The Morgan fingerprint density at radius 2 is 2.13 bits per heavy atom. The number of rotatable bonds is 3. The number of nitrogens with two attached hydrogens (primary N) is 1. The maximum Gasteiger partial charge on any atom is 0.256 e. The van der Waals surface area contributed by atoms with E-state index in [-0.39, 0.29) is 11.9 Å². The molecule has 7 nitrogen and oxygen atoms in total. The summed E-state index contributed by atoms with van der Waals surface area (Å²) in [6, 6.07) is 6.33. The van der Waals surface area contributed by atoms with Gasteiger partial charge in [0.1, 0.15) is 0 Å². The molecule has 2 heterocycles. The molecule has 1 amide bonds. The topological polar surface area (TPSA) is 97.3 Å². The summed E-state index contributed by atoms with van der Waals surface area (Å²) in [7, 11) is 1.70. The molecule has 0 bridgehead atoms. The monoisotopic (exact) mass is 335 g/mol. The molecule has 2 atom stereocenters. The number of aliphatic hydroxyl groups is 1. The van der Waals surface area contributed by atoms with Crippen molar-refractivity contribution in [2.24, 2.45) is 7.05 Å². The summed E-state index contributed by atoms with van der Waals surface area (Å²) in [6.07, 6.45) is 0.360. The van der Waals surface area contributed by atoms with Gasteiger partial charge in [0.05, 0.1) is 6.04 Å². The second-order valence-corrected chi connectivity index (χ2v) is 6.03. The molecule has 3 rings (SSSR count). The van der Waals surface area contributed by atoms with Crippen LogP contribution in [0.25, 0.3) is 0 Å². The van der Waals surface area contributed by atoms with Crippen molar-refractivity contribution in [3.8, 4) is 0 Å². The molecule has 0 aliphatic carbocycles. The van der Waals surface area contributed by atoms with Gasteiger partial charge < -0.3 is 15.7 Å². The molecule has 23 heavy (non-hydrogen) atoms. The van der Waals surface area contributed by atoms with E-state index in [1.807, 2.05) is 0 Å². The van der Waals surface area contributed by atoms with Crippen molar-refractivity contribution < 1.29 is 9.90 Å². The fourth-order valence-electron chi connectivity index (χ4n) is 2.80. The van der Waals surface area contributed by atoms with Gasteiger partial charge in [-0.25, -0.2) is 4.68 Å². The summed E-state index contributed by atoms with van der Waals surface area (Å²) in [6.45, 7) is 0.562. The quantitative estimate of drug-likeness (QED) is 0.884. The first-order valence-corrected chi connectivity index (χ1v) is 7.75. The van der Waals surface area contributed by atoms with E-state index in [1.165, 1.54) is 4.68 Å². The molecule has 122 valence electrons. The fraction of sp³-hybridized carbons (Fsp3) is 0.400. The lowest BCUT2D eigenvalue weighted by Crippen LogP contribution is -2.35. The highest BCUT2D eigenvalue weighted by molar-refractivity contribution is 6.30. The number of carbonyl (C=O) groups is 1. The Morgan fingerprint density at radius 3 is 2.74 bits per heavy atom. The maximum atomic E-state index is 12.7. The Labute approximate surface area is 138 Å². The van der Waals surface area contributed by atoms with Crippen LogP contribution in [0.1, 0.15) is 36.4 Å². The van der Waals surface area contributed by atoms with E-state index in [1.54, 1.807) is 36.2 Å². The van der Waals surface area contributed by atoms with Gasteiger partial charge in [0.15, 0.2) is 11.9 Å². The van der Waals surface area contributed by atoms with Crippen molar-refractivity contribution in [3.05, 3.63) is 40.7 Å². The van der Waals surface area contributed by atoms with Crippen LogP contribution in [-0.2, 0) is 11.8 Å². The SMILES string of the molecule is Cn1nc(C2CCCN2C(=O)C(O)c2ccc(Cl)cc2)nc1N. The zero-order chi connectivity index (χ0) is 16.6. The van der Waals surface area contributed by atoms with Crippen LogP contribution in [0.2, 0.25) is 5.02 Å². The molecule has 2 aromatic rings. The summed E-state index contributed by atoms with van der Waals surface area (Å²) in [4.78, 5) is 18.5. The summed E-state index contributed by atoms with van der Waals surface area (Å²) < 4.78 is 1.48. The van der Waals surface area contributed by atoms with E-state index < -0.39 is 6.10 Å². The van der Waals surface area contributed by atoms with Crippen LogP contribution >= 0.6 is 11.6 Å². The van der Waals surface area contributed by atoms with E-state index in [0.717, 1.165) is 12.8 Å². The largest absolute Gasteiger partial charge is 0.378 e. The lowest BCUT2D eigenvalue weighted by molar-refractivity contribution is -0.141. The third-order valence-corrected chi connectivity index (χ3v) is 4.32. The van der Waals surface area contributed by atoms with Gasteiger partial charge in [0, 0.05) is 18.6 Å². The lowest BCUT2D eigenvalue weighted by Gasteiger charge is -2.25. The minimum atomic E-state index is -1.23. The van der Waals surface area contributed by atoms with Crippen LogP contribution in [0.15, 0.2) is 24.3 Å². The molecule has 1 aromatic heterocycles. The molecule has 3 N–H and O–H groups in total. The smallest absolute Gasteiger partial charge is 0.256 e. The number of aromatic nitrogens is 3. The predicted molar refractivity (Wildman–Crippen MR) is 85.5 cm³/mol. The van der Waals surface area contributed by atoms with Crippen molar-refractivity contribution in [2.75, 3.05) is 12.3 Å². The molecule has 0 saturated carbocycles. The molecular formula is C15H18ClN5O2. The number of hydrogen-bond donors (Lipinski definition) is 2. The van der Waals surface area contributed by atoms with Crippen molar-refractivity contribution in [1.29, 1.82) is 0 Å². The first-order valence-electron chi connectivity index (χ1n) is 7.38. The minimum absolute atomic E-state index is 0.257. The summed E-state index contributed by atoms with van der Waals surface area (Å²) in [5, 5.41) is 15.2. The maximum absolute atomic E-state index is 12.7. The number of amides is 1. The number of aliphatic hydroxyl groups excluding tert-OH is 1. The Bertz CT molecular complexity index is 696. The molecular weight excluding hydrogens is 318 g/mol. The highest BCUT2D eigenvalue weighted by Crippen LogP contribution is 2.33. The predicted octanol–water partition coefficient (Wildman–Crippen LogP) is 1.45. The number of halogens is 1. The molecule has 1 aliphatic rings. The van der Waals surface area contributed by atoms with E-state index >= 15 is 0 Å². The number of aryl methyl sites for hydroxylation is 1. The molecule has 2 unspecified atom stereocenters. The Balaban J connectivity index is 1.81. The third kappa shape index (κ3) is 3.02. The van der Waals surface area contributed by atoms with Crippen molar-refractivity contribution in [1.82, 2.24) is 19.7 Å². The molecule has 1 saturated heterocycles. The van der Waals surface area contributed by atoms with Crippen LogP contribution in [-0.4, -0.2) is 37.2 Å². The molecule has 0 spiro atoms. The zero-order valence-corrected chi connectivity index (χ0v) is 13.4. The number of hydrogen-bond acceptors (Lipinski definition) is 5. The van der Waals surface area contributed by atoms with Crippen LogP contribution in [0.4, 0.5) is 5.95 Å². The Hall–Kier alpha value is -2.12. The van der Waals surface area contributed by atoms with Crippen LogP contribution in [0.5, 0.6) is 0 Å². The second-order valence-electron chi connectivity index (χ2n) is 5.60. The zero-order valence-electron chi connectivity index (χ0n) is 12.7. The number of nitrogens with zero attached hydrogens (tertiary/aromatic N) is 4. The van der Waals surface area contributed by atoms with Gasteiger partial charge in [-0.1, -0.05) is 23.7 Å². The molecule has 1 fully saturated rings. The third-order valence-electron chi connectivity index (χ3n) is 4.07. The number of benzene rings is 1. The fourth-order valence-corrected chi connectivity index (χ4v) is 2.93. The Morgan fingerprint density at radius 1 is 1.43 bits per heavy atom. The van der Waals surface area contributed by atoms with Crippen molar-refractivity contribution >= 4 is 23.5 Å². The van der Waals surface area contributed by atoms with Gasteiger partial charge in [0.2, 0.25) is 5.95 Å². The molecule has 1 aliphatic heterocycles. The van der Waals surface area contributed by atoms with Crippen LogP contribution in [0, 0.1) is 0 Å².